The first kappa shape index (κ1) is 13.2. The Morgan fingerprint density at radius 1 is 1.13 bits per heavy atom. The van der Waals surface area contributed by atoms with Crippen LogP contribution in [0, 0.1) is 0 Å². The van der Waals surface area contributed by atoms with E-state index in [0.29, 0.717) is 6.04 Å². The summed E-state index contributed by atoms with van der Waals surface area (Å²) in [4.78, 5) is 0. The lowest BCUT2D eigenvalue weighted by molar-refractivity contribution is 0.159. The second-order valence-corrected chi connectivity index (χ2v) is 6.55. The summed E-state index contributed by atoms with van der Waals surface area (Å²) < 4.78 is 22.5. The van der Waals surface area contributed by atoms with Crippen molar-refractivity contribution in [3.05, 3.63) is 0 Å². The van der Waals surface area contributed by atoms with Gasteiger partial charge in [0, 0.05) is 12.1 Å². The fourth-order valence-electron chi connectivity index (χ4n) is 2.38. The smallest absolute Gasteiger partial charge is 0.154 e. The van der Waals surface area contributed by atoms with Crippen LogP contribution in [0.25, 0.3) is 0 Å². The van der Waals surface area contributed by atoms with E-state index < -0.39 is 15.9 Å². The molecule has 6 heteroatoms. The number of rotatable bonds is 2. The van der Waals surface area contributed by atoms with E-state index in [0.717, 1.165) is 12.8 Å². The average Bonchev–Trinajstić information content (AvgIpc) is 2.61. The van der Waals surface area contributed by atoms with Crippen LogP contribution in [0.3, 0.4) is 0 Å². The van der Waals surface area contributed by atoms with Gasteiger partial charge in [-0.1, -0.05) is 12.8 Å². The van der Waals surface area contributed by atoms with Crippen molar-refractivity contribution in [3.8, 4) is 0 Å². The van der Waals surface area contributed by atoms with Crippen LogP contribution < -0.4 is 5.32 Å². The molecule has 4 nitrogen and oxygen atoms in total. The Balaban J connectivity index is 0.00000112. The van der Waals surface area contributed by atoms with Crippen LogP contribution in [0.15, 0.2) is 0 Å². The number of hydrogen-bond acceptors (Lipinski definition) is 4. The minimum Gasteiger partial charge on any atom is -0.390 e. The van der Waals surface area contributed by atoms with Crippen LogP contribution in [-0.2, 0) is 9.84 Å². The van der Waals surface area contributed by atoms with Gasteiger partial charge in [0.05, 0.1) is 17.6 Å². The summed E-state index contributed by atoms with van der Waals surface area (Å²) in [6, 6.07) is 0.186. The number of hydrogen-bond donors (Lipinski definition) is 2. The molecule has 0 aromatic rings. The van der Waals surface area contributed by atoms with Gasteiger partial charge in [0.15, 0.2) is 9.84 Å². The van der Waals surface area contributed by atoms with Crippen molar-refractivity contribution in [2.24, 2.45) is 0 Å². The standard InChI is InChI=1S/C9H17NO3S.ClH/c11-9-6-14(12,13)5-8(9)10-7-3-1-2-4-7;/h7-11H,1-6H2;1H/t8-,9-;/m0./s1. The second-order valence-electron chi connectivity index (χ2n) is 4.40. The van der Waals surface area contributed by atoms with E-state index in [4.69, 9.17) is 0 Å². The number of aliphatic hydroxyl groups excluding tert-OH is 1. The topological polar surface area (TPSA) is 66.4 Å². The highest BCUT2D eigenvalue weighted by Gasteiger charge is 2.37. The van der Waals surface area contributed by atoms with Gasteiger partial charge in [0.2, 0.25) is 0 Å². The largest absolute Gasteiger partial charge is 0.390 e. The fraction of sp³-hybridized carbons (Fsp3) is 1.00. The summed E-state index contributed by atoms with van der Waals surface area (Å²) >= 11 is 0. The van der Waals surface area contributed by atoms with E-state index in [1.807, 2.05) is 0 Å². The Morgan fingerprint density at radius 3 is 2.20 bits per heavy atom. The summed E-state index contributed by atoms with van der Waals surface area (Å²) in [5.74, 6) is 0.0298. The molecule has 0 aromatic carbocycles. The SMILES string of the molecule is Cl.O=S1(=O)C[C@H](NC2CCCC2)[C@@H](O)C1. The average molecular weight is 256 g/mol. The summed E-state index contributed by atoms with van der Waals surface area (Å²) in [6.07, 6.45) is 3.95. The van der Waals surface area contributed by atoms with Gasteiger partial charge in [0.1, 0.15) is 0 Å². The lowest BCUT2D eigenvalue weighted by atomic mass is 10.1. The molecule has 15 heavy (non-hydrogen) atoms. The third-order valence-electron chi connectivity index (χ3n) is 3.13. The Bertz CT molecular complexity index is 300. The molecule has 1 saturated carbocycles. The molecule has 2 rings (SSSR count). The highest BCUT2D eigenvalue weighted by molar-refractivity contribution is 7.91. The van der Waals surface area contributed by atoms with Crippen LogP contribution >= 0.6 is 12.4 Å². The molecule has 1 aliphatic heterocycles. The molecular weight excluding hydrogens is 238 g/mol. The normalized spacial score (nSPS) is 35.3. The summed E-state index contributed by atoms with van der Waals surface area (Å²) in [7, 11) is -3.00. The summed E-state index contributed by atoms with van der Waals surface area (Å²) in [6.45, 7) is 0. The zero-order valence-electron chi connectivity index (χ0n) is 8.55. The number of aliphatic hydroxyl groups is 1. The molecular formula is C9H18ClNO3S. The Kier molecular flexibility index (Phi) is 4.40. The first-order valence-electron chi connectivity index (χ1n) is 5.21. The van der Waals surface area contributed by atoms with Crippen molar-refractivity contribution in [1.29, 1.82) is 0 Å². The quantitative estimate of drug-likeness (QED) is 0.735. The first-order valence-corrected chi connectivity index (χ1v) is 7.03. The molecule has 2 N–H and O–H groups in total. The highest BCUT2D eigenvalue weighted by atomic mass is 35.5. The predicted molar refractivity (Wildman–Crippen MR) is 61.1 cm³/mol. The molecule has 0 aromatic heterocycles. The molecule has 0 amide bonds. The Morgan fingerprint density at radius 2 is 1.73 bits per heavy atom. The second kappa shape index (κ2) is 4.99. The minimum atomic E-state index is -3.00. The van der Waals surface area contributed by atoms with E-state index in [1.165, 1.54) is 12.8 Å². The van der Waals surface area contributed by atoms with Gasteiger partial charge >= 0.3 is 0 Å². The lowest BCUT2D eigenvalue weighted by Gasteiger charge is -2.19. The third kappa shape index (κ3) is 3.31. The lowest BCUT2D eigenvalue weighted by Crippen LogP contribution is -2.43. The van der Waals surface area contributed by atoms with Crippen LogP contribution in [0.4, 0.5) is 0 Å². The van der Waals surface area contributed by atoms with E-state index in [9.17, 15) is 13.5 Å². The molecule has 0 spiro atoms. The van der Waals surface area contributed by atoms with Crippen molar-refractivity contribution in [3.63, 3.8) is 0 Å². The molecule has 2 aliphatic rings. The maximum Gasteiger partial charge on any atom is 0.154 e. The van der Waals surface area contributed by atoms with E-state index >= 15 is 0 Å². The molecule has 1 saturated heterocycles. The Labute approximate surface area is 96.8 Å². The molecule has 90 valence electrons. The van der Waals surface area contributed by atoms with Gasteiger partial charge in [-0.3, -0.25) is 0 Å². The number of halogens is 1. The van der Waals surface area contributed by atoms with Crippen LogP contribution in [0.1, 0.15) is 25.7 Å². The zero-order chi connectivity index (χ0) is 10.2. The molecule has 1 heterocycles. The van der Waals surface area contributed by atoms with Gasteiger partial charge < -0.3 is 10.4 Å². The Hall–Kier alpha value is 0.160. The molecule has 0 unspecified atom stereocenters. The molecule has 0 bridgehead atoms. The van der Waals surface area contributed by atoms with E-state index in [2.05, 4.69) is 5.32 Å². The molecule has 0 radical (unpaired) electrons. The van der Waals surface area contributed by atoms with Gasteiger partial charge in [0.25, 0.3) is 0 Å². The maximum absolute atomic E-state index is 11.2. The highest BCUT2D eigenvalue weighted by Crippen LogP contribution is 2.21. The van der Waals surface area contributed by atoms with Crippen LogP contribution in [-0.4, -0.2) is 43.2 Å². The van der Waals surface area contributed by atoms with E-state index in [1.54, 1.807) is 0 Å². The first-order chi connectivity index (χ1) is 6.57. The monoisotopic (exact) mass is 255 g/mol. The van der Waals surface area contributed by atoms with Crippen LogP contribution in [0.2, 0.25) is 0 Å². The van der Waals surface area contributed by atoms with Crippen LogP contribution in [0.5, 0.6) is 0 Å². The third-order valence-corrected chi connectivity index (χ3v) is 4.84. The minimum absolute atomic E-state index is 0. The number of sulfone groups is 1. The van der Waals surface area contributed by atoms with Gasteiger partial charge in [-0.25, -0.2) is 8.42 Å². The van der Waals surface area contributed by atoms with Crippen molar-refractivity contribution < 1.29 is 13.5 Å². The molecule has 1 aliphatic carbocycles. The van der Waals surface area contributed by atoms with Gasteiger partial charge in [-0.05, 0) is 12.8 Å². The van der Waals surface area contributed by atoms with Crippen molar-refractivity contribution in [2.45, 2.75) is 43.9 Å². The van der Waals surface area contributed by atoms with Crippen molar-refractivity contribution >= 4 is 22.2 Å². The van der Waals surface area contributed by atoms with Gasteiger partial charge in [-0.2, -0.15) is 0 Å². The fourth-order valence-corrected chi connectivity index (χ4v) is 4.14. The van der Waals surface area contributed by atoms with Crippen molar-refractivity contribution in [2.75, 3.05) is 11.5 Å². The molecule has 2 atom stereocenters. The van der Waals surface area contributed by atoms with E-state index in [-0.39, 0.29) is 30.0 Å². The van der Waals surface area contributed by atoms with Gasteiger partial charge in [-0.15, -0.1) is 12.4 Å². The van der Waals surface area contributed by atoms with Crippen molar-refractivity contribution in [1.82, 2.24) is 5.32 Å². The summed E-state index contributed by atoms with van der Waals surface area (Å²) in [5, 5.41) is 12.8. The maximum atomic E-state index is 11.2. The predicted octanol–water partition coefficient (Wildman–Crippen LogP) is 0.0983. The molecule has 2 fully saturated rings. The number of nitrogens with one attached hydrogen (secondary N) is 1. The zero-order valence-corrected chi connectivity index (χ0v) is 10.2. The summed E-state index contributed by atoms with van der Waals surface area (Å²) in [5.41, 5.74) is 0.